The van der Waals surface area contributed by atoms with Crippen molar-refractivity contribution in [1.82, 2.24) is 10.2 Å². The highest BCUT2D eigenvalue weighted by atomic mass is 16.4. The van der Waals surface area contributed by atoms with E-state index in [0.29, 0.717) is 13.1 Å². The Morgan fingerprint density at radius 2 is 2.33 bits per heavy atom. The number of hydrogen-bond acceptors (Lipinski definition) is 3. The van der Waals surface area contributed by atoms with Gasteiger partial charge in [0, 0.05) is 25.7 Å². The normalized spacial score (nSPS) is 21.6. The van der Waals surface area contributed by atoms with E-state index in [0.717, 1.165) is 12.6 Å². The summed E-state index contributed by atoms with van der Waals surface area (Å²) in [7, 11) is 0. The molecular weight excluding hydrogens is 196 g/mol. The van der Waals surface area contributed by atoms with Crippen LogP contribution < -0.4 is 5.32 Å². The van der Waals surface area contributed by atoms with E-state index in [2.05, 4.69) is 5.32 Å². The average molecular weight is 212 g/mol. The molecule has 1 heterocycles. The van der Waals surface area contributed by atoms with Gasteiger partial charge >= 0.3 is 5.97 Å². The van der Waals surface area contributed by atoms with Crippen LogP contribution in [0.15, 0.2) is 12.2 Å². The first-order valence-electron chi connectivity index (χ1n) is 4.87. The van der Waals surface area contributed by atoms with Crippen molar-refractivity contribution in [2.75, 3.05) is 19.6 Å². The molecule has 1 aliphatic heterocycles. The fraction of sp³-hybridized carbons (Fsp3) is 0.600. The number of carbonyl (C=O) groups is 2. The number of nitrogens with zero attached hydrogens (tertiary/aromatic N) is 1. The van der Waals surface area contributed by atoms with E-state index in [1.165, 1.54) is 0 Å². The summed E-state index contributed by atoms with van der Waals surface area (Å²) < 4.78 is 0. The van der Waals surface area contributed by atoms with E-state index in [1.807, 2.05) is 18.7 Å². The van der Waals surface area contributed by atoms with Crippen LogP contribution in [0, 0.1) is 0 Å². The summed E-state index contributed by atoms with van der Waals surface area (Å²) >= 11 is 0. The molecule has 5 nitrogen and oxygen atoms in total. The lowest BCUT2D eigenvalue weighted by Crippen LogP contribution is -2.61. The van der Waals surface area contributed by atoms with Gasteiger partial charge in [-0.2, -0.15) is 0 Å². The first kappa shape index (κ1) is 11.7. The molecule has 1 aliphatic rings. The molecule has 15 heavy (non-hydrogen) atoms. The summed E-state index contributed by atoms with van der Waals surface area (Å²) in [5.41, 5.74) is -0.568. The zero-order valence-electron chi connectivity index (χ0n) is 8.99. The molecule has 0 radical (unpaired) electrons. The summed E-state index contributed by atoms with van der Waals surface area (Å²) in [6.07, 6.45) is 2.66. The topological polar surface area (TPSA) is 69.6 Å². The van der Waals surface area contributed by atoms with E-state index in [4.69, 9.17) is 5.11 Å². The number of hydrogen-bond donors (Lipinski definition) is 2. The molecule has 0 aliphatic carbocycles. The maximum Gasteiger partial charge on any atom is 0.328 e. The van der Waals surface area contributed by atoms with Crippen LogP contribution in [0.4, 0.5) is 0 Å². The number of nitrogens with one attached hydrogen (secondary N) is 1. The third-order valence-corrected chi connectivity index (χ3v) is 2.60. The highest BCUT2D eigenvalue weighted by molar-refractivity contribution is 5.86. The van der Waals surface area contributed by atoms with Crippen molar-refractivity contribution in [3.8, 4) is 0 Å². The molecular formula is C10H16N2O3. The Morgan fingerprint density at radius 1 is 1.67 bits per heavy atom. The van der Waals surface area contributed by atoms with Crippen molar-refractivity contribution in [3.63, 3.8) is 0 Å². The van der Waals surface area contributed by atoms with Crippen LogP contribution in [0.5, 0.6) is 0 Å². The fourth-order valence-corrected chi connectivity index (χ4v) is 1.54. The van der Waals surface area contributed by atoms with Gasteiger partial charge < -0.3 is 10.4 Å². The lowest BCUT2D eigenvalue weighted by Gasteiger charge is -2.40. The Kier molecular flexibility index (Phi) is 3.47. The molecule has 0 aromatic carbocycles. The predicted molar refractivity (Wildman–Crippen MR) is 55.4 cm³/mol. The highest BCUT2D eigenvalue weighted by Crippen LogP contribution is 2.16. The minimum atomic E-state index is -0.964. The van der Waals surface area contributed by atoms with Gasteiger partial charge in [0.05, 0.1) is 5.54 Å². The van der Waals surface area contributed by atoms with Gasteiger partial charge in [-0.25, -0.2) is 4.79 Å². The summed E-state index contributed by atoms with van der Waals surface area (Å²) in [5, 5.41) is 11.2. The van der Waals surface area contributed by atoms with Gasteiger partial charge in [0.25, 0.3) is 0 Å². The standard InChI is InChI=1S/C10H16N2O3/c1-10(2)9(15)11-5-7-12(10)6-3-4-8(13)14/h3-4H,5-7H2,1-2H3,(H,11,15)(H,13,14). The Balaban J connectivity index is 2.60. The Hall–Kier alpha value is -1.36. The number of carboxylic acid groups (broad SMARTS) is 1. The van der Waals surface area contributed by atoms with Crippen LogP contribution in [-0.4, -0.2) is 47.1 Å². The van der Waals surface area contributed by atoms with E-state index >= 15 is 0 Å². The number of carbonyl (C=O) groups excluding carboxylic acids is 1. The molecule has 1 saturated heterocycles. The molecule has 1 rings (SSSR count). The van der Waals surface area contributed by atoms with Gasteiger partial charge in [-0.3, -0.25) is 9.69 Å². The molecule has 0 aromatic heterocycles. The molecule has 0 bridgehead atoms. The minimum Gasteiger partial charge on any atom is -0.478 e. The van der Waals surface area contributed by atoms with Crippen molar-refractivity contribution >= 4 is 11.9 Å². The third-order valence-electron chi connectivity index (χ3n) is 2.60. The van der Waals surface area contributed by atoms with Gasteiger partial charge in [0.2, 0.25) is 5.91 Å². The summed E-state index contributed by atoms with van der Waals surface area (Å²) in [4.78, 5) is 23.8. The predicted octanol–water partition coefficient (Wildman–Crippen LogP) is -0.162. The summed E-state index contributed by atoms with van der Waals surface area (Å²) in [5.74, 6) is -0.980. The quantitative estimate of drug-likeness (QED) is 0.638. The van der Waals surface area contributed by atoms with Crippen LogP contribution in [-0.2, 0) is 9.59 Å². The Labute approximate surface area is 88.8 Å². The molecule has 0 spiro atoms. The molecule has 0 atom stereocenters. The van der Waals surface area contributed by atoms with E-state index in [-0.39, 0.29) is 5.91 Å². The van der Waals surface area contributed by atoms with Crippen molar-refractivity contribution in [2.24, 2.45) is 0 Å². The molecule has 1 amide bonds. The van der Waals surface area contributed by atoms with Crippen molar-refractivity contribution < 1.29 is 14.7 Å². The van der Waals surface area contributed by atoms with Gasteiger partial charge in [0.15, 0.2) is 0 Å². The summed E-state index contributed by atoms with van der Waals surface area (Å²) in [6, 6.07) is 0. The van der Waals surface area contributed by atoms with Crippen LogP contribution in [0.1, 0.15) is 13.8 Å². The SMILES string of the molecule is CC1(C)C(=O)NCCN1CC=CC(=O)O. The molecule has 0 aromatic rings. The summed E-state index contributed by atoms with van der Waals surface area (Å²) in [6.45, 7) is 5.49. The number of carboxylic acids is 1. The van der Waals surface area contributed by atoms with Crippen molar-refractivity contribution in [1.29, 1.82) is 0 Å². The van der Waals surface area contributed by atoms with Crippen LogP contribution in [0.3, 0.4) is 0 Å². The maximum absolute atomic E-state index is 11.5. The average Bonchev–Trinajstić information content (AvgIpc) is 2.12. The second kappa shape index (κ2) is 4.44. The van der Waals surface area contributed by atoms with Crippen molar-refractivity contribution in [3.05, 3.63) is 12.2 Å². The lowest BCUT2D eigenvalue weighted by atomic mass is 9.99. The van der Waals surface area contributed by atoms with Gasteiger partial charge in [-0.15, -0.1) is 0 Å². The first-order valence-corrected chi connectivity index (χ1v) is 4.87. The molecule has 1 fully saturated rings. The smallest absolute Gasteiger partial charge is 0.328 e. The largest absolute Gasteiger partial charge is 0.478 e. The van der Waals surface area contributed by atoms with E-state index in [1.54, 1.807) is 6.08 Å². The fourth-order valence-electron chi connectivity index (χ4n) is 1.54. The lowest BCUT2D eigenvalue weighted by molar-refractivity contribution is -0.134. The van der Waals surface area contributed by atoms with Crippen LogP contribution >= 0.6 is 0 Å². The molecule has 84 valence electrons. The number of piperazine rings is 1. The number of amides is 1. The maximum atomic E-state index is 11.5. The number of rotatable bonds is 3. The third kappa shape index (κ3) is 2.79. The van der Waals surface area contributed by atoms with Gasteiger partial charge in [0.1, 0.15) is 0 Å². The van der Waals surface area contributed by atoms with Gasteiger partial charge in [-0.1, -0.05) is 6.08 Å². The van der Waals surface area contributed by atoms with Crippen molar-refractivity contribution in [2.45, 2.75) is 19.4 Å². The molecule has 0 saturated carbocycles. The minimum absolute atomic E-state index is 0.0162. The van der Waals surface area contributed by atoms with E-state index < -0.39 is 11.5 Å². The number of aliphatic carboxylic acids is 1. The highest BCUT2D eigenvalue weighted by Gasteiger charge is 2.36. The first-order chi connectivity index (χ1) is 6.94. The van der Waals surface area contributed by atoms with Crippen LogP contribution in [0.2, 0.25) is 0 Å². The Bertz CT molecular complexity index is 297. The molecule has 0 unspecified atom stereocenters. The van der Waals surface area contributed by atoms with Crippen LogP contribution in [0.25, 0.3) is 0 Å². The molecule has 2 N–H and O–H groups in total. The second-order valence-electron chi connectivity index (χ2n) is 4.00. The van der Waals surface area contributed by atoms with Gasteiger partial charge in [-0.05, 0) is 13.8 Å². The zero-order valence-corrected chi connectivity index (χ0v) is 8.99. The van der Waals surface area contributed by atoms with E-state index in [9.17, 15) is 9.59 Å². The monoisotopic (exact) mass is 212 g/mol. The Morgan fingerprint density at radius 3 is 2.93 bits per heavy atom. The zero-order chi connectivity index (χ0) is 11.5. The molecule has 5 heteroatoms. The second-order valence-corrected chi connectivity index (χ2v) is 4.00.